The van der Waals surface area contributed by atoms with E-state index in [0.717, 1.165) is 29.5 Å². The van der Waals surface area contributed by atoms with Crippen molar-refractivity contribution in [3.05, 3.63) is 85.2 Å². The molecule has 0 radical (unpaired) electrons. The summed E-state index contributed by atoms with van der Waals surface area (Å²) in [6.45, 7) is 22.4. The summed E-state index contributed by atoms with van der Waals surface area (Å²) < 4.78 is 26.5. The maximum Gasteiger partial charge on any atom is 0.283 e. The van der Waals surface area contributed by atoms with E-state index in [-0.39, 0.29) is 12.1 Å². The minimum atomic E-state index is -2.93. The molecule has 2 N–H and O–H groups in total. The molecule has 2 aromatic rings. The van der Waals surface area contributed by atoms with Gasteiger partial charge in [-0.1, -0.05) is 103 Å². The molecule has 2 rings (SSSR count). The van der Waals surface area contributed by atoms with E-state index >= 15 is 0 Å². The van der Waals surface area contributed by atoms with Crippen LogP contribution in [0.2, 0.25) is 0 Å². The lowest BCUT2D eigenvalue weighted by molar-refractivity contribution is 0.0984. The van der Waals surface area contributed by atoms with Crippen LogP contribution < -0.4 is 5.73 Å². The first kappa shape index (κ1) is 32.9. The predicted octanol–water partition coefficient (Wildman–Crippen LogP) is 9.43. The molecule has 0 saturated heterocycles. The van der Waals surface area contributed by atoms with Gasteiger partial charge < -0.3 is 5.73 Å². The molecule has 1 aromatic carbocycles. The largest absolute Gasteiger partial charge is 0.399 e. The van der Waals surface area contributed by atoms with E-state index in [0.29, 0.717) is 17.0 Å². The molecule has 36 heavy (non-hydrogen) atoms. The molecule has 0 aliphatic carbocycles. The monoisotopic (exact) mass is 497 g/mol. The summed E-state index contributed by atoms with van der Waals surface area (Å²) >= 11 is 0. The Kier molecular flexibility index (Phi) is 15.9. The van der Waals surface area contributed by atoms with Crippen molar-refractivity contribution in [3.63, 3.8) is 0 Å². The first-order valence-corrected chi connectivity index (χ1v) is 12.6. The van der Waals surface area contributed by atoms with Gasteiger partial charge in [0.2, 0.25) is 0 Å². The molecule has 0 amide bonds. The lowest BCUT2D eigenvalue weighted by Crippen LogP contribution is -2.23. The molecule has 3 nitrogen and oxygen atoms in total. The van der Waals surface area contributed by atoms with E-state index < -0.39 is 5.92 Å². The van der Waals surface area contributed by atoms with Gasteiger partial charge in [0.1, 0.15) is 0 Å². The van der Waals surface area contributed by atoms with Crippen LogP contribution in [0.1, 0.15) is 90.3 Å². The van der Waals surface area contributed by atoms with Gasteiger partial charge in [0.25, 0.3) is 5.92 Å². The third-order valence-corrected chi connectivity index (χ3v) is 5.26. The maximum atomic E-state index is 13.2. The number of nitrogens with zero attached hydrogens (tertiary/aromatic N) is 2. The number of pyridine rings is 1. The van der Waals surface area contributed by atoms with Crippen LogP contribution in [0.15, 0.2) is 73.5 Å². The van der Waals surface area contributed by atoms with Gasteiger partial charge in [-0.3, -0.25) is 9.98 Å². The Morgan fingerprint density at radius 1 is 0.944 bits per heavy atom. The summed E-state index contributed by atoms with van der Waals surface area (Å²) in [5.41, 5.74) is 9.85. The summed E-state index contributed by atoms with van der Waals surface area (Å²) in [6, 6.07) is 10.9. The standard InChI is InChI=1S/C15H18F2N2.C8H9N.C8H18/c1-5-14(15(4,16)17)19-11(3)13-8-6-12(7-9-13)10(2)18;1-7(2)8-3-5-9-6-4-8;1-4-5-6-7-8(2)3/h6-9H,2-3,5,18H2,1,4H3;3-6H,1H2,2H3;8H,4-7H2,1-3H3. The number of benzene rings is 1. The van der Waals surface area contributed by atoms with Gasteiger partial charge in [-0.15, -0.1) is 0 Å². The summed E-state index contributed by atoms with van der Waals surface area (Å²) in [7, 11) is 0. The molecule has 0 unspecified atom stereocenters. The van der Waals surface area contributed by atoms with Crippen LogP contribution in [0.4, 0.5) is 8.78 Å². The van der Waals surface area contributed by atoms with Crippen molar-refractivity contribution in [2.45, 2.75) is 79.6 Å². The van der Waals surface area contributed by atoms with Crippen LogP contribution >= 0.6 is 0 Å². The van der Waals surface area contributed by atoms with Crippen molar-refractivity contribution >= 4 is 22.7 Å². The molecular weight excluding hydrogens is 452 g/mol. The van der Waals surface area contributed by atoms with E-state index in [1.807, 2.05) is 19.1 Å². The van der Waals surface area contributed by atoms with Crippen molar-refractivity contribution in [2.75, 3.05) is 0 Å². The highest BCUT2D eigenvalue weighted by atomic mass is 19.3. The first-order chi connectivity index (χ1) is 16.8. The third kappa shape index (κ3) is 14.3. The highest BCUT2D eigenvalue weighted by Gasteiger charge is 2.27. The van der Waals surface area contributed by atoms with E-state index in [1.165, 1.54) is 25.7 Å². The normalized spacial score (nSPS) is 11.1. The molecule has 198 valence electrons. The molecular formula is C31H45F2N3. The van der Waals surface area contributed by atoms with E-state index in [2.05, 4.69) is 50.5 Å². The van der Waals surface area contributed by atoms with Crippen molar-refractivity contribution < 1.29 is 8.78 Å². The van der Waals surface area contributed by atoms with Crippen LogP contribution in [-0.2, 0) is 0 Å². The fraction of sp³-hybridized carbons (Fsp3) is 0.419. The Morgan fingerprint density at radius 3 is 1.83 bits per heavy atom. The van der Waals surface area contributed by atoms with Gasteiger partial charge in [-0.25, -0.2) is 8.78 Å². The second kappa shape index (κ2) is 17.4. The molecule has 0 aliphatic rings. The number of nitrogens with two attached hydrogens (primary N) is 1. The van der Waals surface area contributed by atoms with Crippen LogP contribution in [0.3, 0.4) is 0 Å². The number of rotatable bonds is 10. The number of hydrogen-bond donors (Lipinski definition) is 1. The van der Waals surface area contributed by atoms with E-state index in [9.17, 15) is 8.78 Å². The van der Waals surface area contributed by atoms with Gasteiger partial charge in [0.05, 0.1) is 11.4 Å². The molecule has 5 heteroatoms. The van der Waals surface area contributed by atoms with Crippen LogP contribution in [0.5, 0.6) is 0 Å². The third-order valence-electron chi connectivity index (χ3n) is 5.26. The topological polar surface area (TPSA) is 51.3 Å². The van der Waals surface area contributed by atoms with Gasteiger partial charge in [0.15, 0.2) is 0 Å². The average Bonchev–Trinajstić information content (AvgIpc) is 2.83. The number of allylic oxidation sites excluding steroid dienone is 1. The van der Waals surface area contributed by atoms with Crippen molar-refractivity contribution in [2.24, 2.45) is 16.6 Å². The van der Waals surface area contributed by atoms with Gasteiger partial charge in [-0.05, 0) is 48.1 Å². The Balaban J connectivity index is 0.000000595. The SMILES string of the molecule is C=C(C)c1ccncc1.C=C(N)c1ccc(C(=C)N=C(CC)C(C)(F)F)cc1.CCCCCC(C)C. The maximum absolute atomic E-state index is 13.2. The van der Waals surface area contributed by atoms with Crippen LogP contribution in [-0.4, -0.2) is 16.6 Å². The summed E-state index contributed by atoms with van der Waals surface area (Å²) in [5.74, 6) is -2.02. The second-order valence-electron chi connectivity index (χ2n) is 9.26. The van der Waals surface area contributed by atoms with Crippen LogP contribution in [0, 0.1) is 5.92 Å². The van der Waals surface area contributed by atoms with E-state index in [1.54, 1.807) is 43.6 Å². The predicted molar refractivity (Wildman–Crippen MR) is 155 cm³/mol. The van der Waals surface area contributed by atoms with Gasteiger partial charge in [-0.2, -0.15) is 0 Å². The fourth-order valence-electron chi connectivity index (χ4n) is 3.03. The van der Waals surface area contributed by atoms with Crippen molar-refractivity contribution in [3.8, 4) is 0 Å². The Labute approximate surface area is 218 Å². The van der Waals surface area contributed by atoms with Gasteiger partial charge >= 0.3 is 0 Å². The zero-order valence-electron chi connectivity index (χ0n) is 23.1. The molecule has 0 aliphatic heterocycles. The Morgan fingerprint density at radius 2 is 1.47 bits per heavy atom. The van der Waals surface area contributed by atoms with Crippen molar-refractivity contribution in [1.29, 1.82) is 0 Å². The summed E-state index contributed by atoms with van der Waals surface area (Å²) in [6.07, 6.45) is 9.32. The molecule has 0 bridgehead atoms. The summed E-state index contributed by atoms with van der Waals surface area (Å²) in [4.78, 5) is 7.82. The zero-order chi connectivity index (χ0) is 27.7. The molecule has 0 spiro atoms. The summed E-state index contributed by atoms with van der Waals surface area (Å²) in [5, 5.41) is 0. The van der Waals surface area contributed by atoms with Crippen LogP contribution in [0.25, 0.3) is 17.0 Å². The lowest BCUT2D eigenvalue weighted by atomic mass is 10.1. The number of halogens is 2. The van der Waals surface area contributed by atoms with Crippen molar-refractivity contribution in [1.82, 2.24) is 4.98 Å². The number of hydrogen-bond acceptors (Lipinski definition) is 3. The van der Waals surface area contributed by atoms with E-state index in [4.69, 9.17) is 5.73 Å². The first-order valence-electron chi connectivity index (χ1n) is 12.6. The highest BCUT2D eigenvalue weighted by Crippen LogP contribution is 2.22. The smallest absolute Gasteiger partial charge is 0.283 e. The lowest BCUT2D eigenvalue weighted by Gasteiger charge is -2.13. The second-order valence-corrected chi connectivity index (χ2v) is 9.26. The number of unbranched alkanes of at least 4 members (excludes halogenated alkanes) is 2. The molecule has 1 heterocycles. The molecule has 0 fully saturated rings. The minimum Gasteiger partial charge on any atom is -0.399 e. The minimum absolute atomic E-state index is 0.176. The molecule has 1 aromatic heterocycles. The molecule has 0 saturated carbocycles. The average molecular weight is 498 g/mol. The highest BCUT2D eigenvalue weighted by molar-refractivity contribution is 5.94. The Hall–Kier alpha value is -3.08. The number of aliphatic imine (C=N–C) groups is 1. The van der Waals surface area contributed by atoms with Gasteiger partial charge in [0, 0.05) is 25.0 Å². The number of aromatic nitrogens is 1. The zero-order valence-corrected chi connectivity index (χ0v) is 23.1. The fourth-order valence-corrected chi connectivity index (χ4v) is 3.03. The Bertz CT molecular complexity index is 954. The quantitative estimate of drug-likeness (QED) is 0.262. The number of alkyl halides is 2. The molecule has 0 atom stereocenters.